The van der Waals surface area contributed by atoms with Crippen LogP contribution in [0.5, 0.6) is 11.5 Å². The van der Waals surface area contributed by atoms with Crippen molar-refractivity contribution in [3.05, 3.63) is 54.2 Å². The molecule has 0 fully saturated rings. The van der Waals surface area contributed by atoms with Crippen LogP contribution in [-0.4, -0.2) is 33.5 Å². The third-order valence-electron chi connectivity index (χ3n) is 3.46. The van der Waals surface area contributed by atoms with Gasteiger partial charge in [0, 0.05) is 0 Å². The molecule has 0 bridgehead atoms. The van der Waals surface area contributed by atoms with Gasteiger partial charge >= 0.3 is 0 Å². The zero-order valence-electron chi connectivity index (χ0n) is 14.1. The fourth-order valence-electron chi connectivity index (χ4n) is 2.27. The number of aromatic nitrogens is 3. The van der Waals surface area contributed by atoms with Gasteiger partial charge in [-0.05, 0) is 24.3 Å². The predicted molar refractivity (Wildman–Crippen MR) is 95.1 cm³/mol. The van der Waals surface area contributed by atoms with E-state index < -0.39 is 5.91 Å². The van der Waals surface area contributed by atoms with E-state index >= 15 is 0 Å². The number of furan rings is 1. The number of rotatable bonds is 9. The summed E-state index contributed by atoms with van der Waals surface area (Å²) in [4.78, 5) is 11.1. The Labute approximate surface area is 154 Å². The van der Waals surface area contributed by atoms with Crippen molar-refractivity contribution in [2.45, 2.75) is 18.3 Å². The molecule has 2 heterocycles. The quantitative estimate of drug-likeness (QED) is 0.572. The molecule has 136 valence electrons. The van der Waals surface area contributed by atoms with Crippen molar-refractivity contribution in [3.8, 4) is 11.5 Å². The lowest BCUT2D eigenvalue weighted by molar-refractivity contribution is -0.115. The highest BCUT2D eigenvalue weighted by atomic mass is 32.2. The number of hydrogen-bond acceptors (Lipinski definition) is 7. The van der Waals surface area contributed by atoms with Gasteiger partial charge in [0.05, 0.1) is 25.7 Å². The Morgan fingerprint density at radius 2 is 2.04 bits per heavy atom. The standard InChI is InChI=1S/C17H18N4O4S/c1-23-13-6-2-3-7-14(13)25-10-16-19-20-17(26-11-15(18)22)21(16)9-12-5-4-8-24-12/h2-8H,9-11H2,1H3,(H2,18,22). The van der Waals surface area contributed by atoms with Crippen LogP contribution >= 0.6 is 11.8 Å². The third kappa shape index (κ3) is 4.37. The maximum atomic E-state index is 11.1. The zero-order valence-corrected chi connectivity index (χ0v) is 14.9. The number of primary amides is 1. The molecule has 2 N–H and O–H groups in total. The van der Waals surface area contributed by atoms with E-state index in [1.165, 1.54) is 11.8 Å². The summed E-state index contributed by atoms with van der Waals surface area (Å²) in [5.74, 6) is 2.27. The summed E-state index contributed by atoms with van der Waals surface area (Å²) >= 11 is 1.22. The van der Waals surface area contributed by atoms with Crippen molar-refractivity contribution in [1.29, 1.82) is 0 Å². The predicted octanol–water partition coefficient (Wildman–Crippen LogP) is 2.08. The Morgan fingerprint density at radius 3 is 2.73 bits per heavy atom. The second-order valence-electron chi connectivity index (χ2n) is 5.26. The minimum Gasteiger partial charge on any atom is -0.493 e. The molecule has 0 aliphatic rings. The smallest absolute Gasteiger partial charge is 0.227 e. The highest BCUT2D eigenvalue weighted by Crippen LogP contribution is 2.27. The lowest BCUT2D eigenvalue weighted by Gasteiger charge is -2.11. The van der Waals surface area contributed by atoms with E-state index in [4.69, 9.17) is 19.6 Å². The van der Waals surface area contributed by atoms with Crippen LogP contribution in [-0.2, 0) is 17.9 Å². The Morgan fingerprint density at radius 1 is 1.23 bits per heavy atom. The average molecular weight is 374 g/mol. The summed E-state index contributed by atoms with van der Waals surface area (Å²) in [6.07, 6.45) is 1.60. The van der Waals surface area contributed by atoms with Gasteiger partial charge in [-0.3, -0.25) is 9.36 Å². The number of ether oxygens (including phenoxy) is 2. The van der Waals surface area contributed by atoms with Crippen molar-refractivity contribution in [2.24, 2.45) is 5.73 Å². The van der Waals surface area contributed by atoms with E-state index in [0.29, 0.717) is 29.0 Å². The Kier molecular flexibility index (Phi) is 5.80. The second kappa shape index (κ2) is 8.43. The van der Waals surface area contributed by atoms with E-state index in [1.807, 2.05) is 34.9 Å². The average Bonchev–Trinajstić information content (AvgIpc) is 3.29. The maximum absolute atomic E-state index is 11.1. The highest BCUT2D eigenvalue weighted by molar-refractivity contribution is 7.99. The molecule has 0 spiro atoms. The Balaban J connectivity index is 1.80. The fourth-order valence-corrected chi connectivity index (χ4v) is 2.96. The molecule has 8 nitrogen and oxygen atoms in total. The number of thioether (sulfide) groups is 1. The van der Waals surface area contributed by atoms with E-state index in [1.54, 1.807) is 19.4 Å². The molecular weight excluding hydrogens is 356 g/mol. The third-order valence-corrected chi connectivity index (χ3v) is 4.45. The lowest BCUT2D eigenvalue weighted by Crippen LogP contribution is -2.14. The van der Waals surface area contributed by atoms with Gasteiger partial charge in [0.1, 0.15) is 12.4 Å². The lowest BCUT2D eigenvalue weighted by atomic mass is 10.3. The number of nitrogens with zero attached hydrogens (tertiary/aromatic N) is 3. The molecule has 0 radical (unpaired) electrons. The van der Waals surface area contributed by atoms with Gasteiger partial charge in [0.2, 0.25) is 5.91 Å². The van der Waals surface area contributed by atoms with E-state index in [9.17, 15) is 4.79 Å². The molecule has 9 heteroatoms. The van der Waals surface area contributed by atoms with Gasteiger partial charge in [0.15, 0.2) is 22.5 Å². The van der Waals surface area contributed by atoms with Crippen LogP contribution in [0, 0.1) is 0 Å². The summed E-state index contributed by atoms with van der Waals surface area (Å²) in [6.45, 7) is 0.608. The summed E-state index contributed by atoms with van der Waals surface area (Å²) in [5.41, 5.74) is 5.23. The molecule has 1 amide bonds. The van der Waals surface area contributed by atoms with Crippen LogP contribution in [0.4, 0.5) is 0 Å². The number of para-hydroxylation sites is 2. The molecule has 3 aromatic rings. The Bertz CT molecular complexity index is 864. The summed E-state index contributed by atoms with van der Waals surface area (Å²) in [5, 5.41) is 8.88. The van der Waals surface area contributed by atoms with Crippen LogP contribution in [0.15, 0.2) is 52.2 Å². The van der Waals surface area contributed by atoms with Crippen LogP contribution in [0.25, 0.3) is 0 Å². The minimum atomic E-state index is -0.422. The number of carbonyl (C=O) groups excluding carboxylic acids is 1. The van der Waals surface area contributed by atoms with E-state index in [-0.39, 0.29) is 12.4 Å². The molecule has 0 aliphatic carbocycles. The van der Waals surface area contributed by atoms with Gasteiger partial charge in [-0.1, -0.05) is 23.9 Å². The van der Waals surface area contributed by atoms with E-state index in [2.05, 4.69) is 10.2 Å². The number of carbonyl (C=O) groups is 1. The fraction of sp³-hybridized carbons (Fsp3) is 0.235. The van der Waals surface area contributed by atoms with Crippen molar-refractivity contribution in [1.82, 2.24) is 14.8 Å². The SMILES string of the molecule is COc1ccccc1OCc1nnc(SCC(N)=O)n1Cc1ccco1. The molecular formula is C17H18N4O4S. The van der Waals surface area contributed by atoms with Gasteiger partial charge in [0.25, 0.3) is 0 Å². The molecule has 0 saturated carbocycles. The number of hydrogen-bond donors (Lipinski definition) is 1. The summed E-state index contributed by atoms with van der Waals surface area (Å²) in [7, 11) is 1.58. The molecule has 1 aromatic carbocycles. The summed E-state index contributed by atoms with van der Waals surface area (Å²) in [6, 6.07) is 11.0. The van der Waals surface area contributed by atoms with Crippen LogP contribution in [0.3, 0.4) is 0 Å². The number of amides is 1. The monoisotopic (exact) mass is 374 g/mol. The number of methoxy groups -OCH3 is 1. The van der Waals surface area contributed by atoms with Crippen LogP contribution in [0.1, 0.15) is 11.6 Å². The van der Waals surface area contributed by atoms with Gasteiger partial charge in [-0.15, -0.1) is 10.2 Å². The first-order valence-corrected chi connectivity index (χ1v) is 8.77. The first-order chi connectivity index (χ1) is 12.7. The summed E-state index contributed by atoms with van der Waals surface area (Å²) < 4.78 is 18.4. The highest BCUT2D eigenvalue weighted by Gasteiger charge is 2.16. The molecule has 3 rings (SSSR count). The van der Waals surface area contributed by atoms with Gasteiger partial charge in [-0.2, -0.15) is 0 Å². The molecule has 0 aliphatic heterocycles. The molecule has 0 unspecified atom stereocenters. The Hall–Kier alpha value is -2.94. The van der Waals surface area contributed by atoms with Crippen molar-refractivity contribution in [2.75, 3.05) is 12.9 Å². The largest absolute Gasteiger partial charge is 0.493 e. The first kappa shape index (κ1) is 17.9. The van der Waals surface area contributed by atoms with Gasteiger partial charge < -0.3 is 19.6 Å². The zero-order chi connectivity index (χ0) is 18.4. The number of nitrogens with two attached hydrogens (primary N) is 1. The maximum Gasteiger partial charge on any atom is 0.227 e. The molecule has 26 heavy (non-hydrogen) atoms. The normalized spacial score (nSPS) is 10.7. The number of benzene rings is 1. The van der Waals surface area contributed by atoms with E-state index in [0.717, 1.165) is 5.76 Å². The van der Waals surface area contributed by atoms with Crippen molar-refractivity contribution < 1.29 is 18.7 Å². The van der Waals surface area contributed by atoms with Crippen LogP contribution < -0.4 is 15.2 Å². The van der Waals surface area contributed by atoms with Gasteiger partial charge in [-0.25, -0.2) is 0 Å². The molecule has 0 atom stereocenters. The minimum absolute atomic E-state index is 0.115. The second-order valence-corrected chi connectivity index (χ2v) is 6.20. The molecule has 0 saturated heterocycles. The molecule has 2 aromatic heterocycles. The topological polar surface area (TPSA) is 105 Å². The van der Waals surface area contributed by atoms with Crippen LogP contribution in [0.2, 0.25) is 0 Å². The van der Waals surface area contributed by atoms with Crippen molar-refractivity contribution in [3.63, 3.8) is 0 Å². The first-order valence-electron chi connectivity index (χ1n) is 7.78. The van der Waals surface area contributed by atoms with Crippen molar-refractivity contribution >= 4 is 17.7 Å².